The molecule has 0 saturated carbocycles. The lowest BCUT2D eigenvalue weighted by Gasteiger charge is -2.24. The zero-order chi connectivity index (χ0) is 9.10. The number of benzene rings is 1. The molecule has 2 nitrogen and oxygen atoms in total. The number of nitrogens with one attached hydrogen (secondary N) is 2. The highest BCUT2D eigenvalue weighted by atomic mass is 35.5. The topological polar surface area (TPSA) is 24.1 Å². The van der Waals surface area contributed by atoms with Crippen LogP contribution in [-0.2, 0) is 0 Å². The zero-order valence-corrected chi connectivity index (χ0v) is 8.14. The second-order valence-corrected chi connectivity index (χ2v) is 3.70. The molecule has 0 radical (unpaired) electrons. The Balaban J connectivity index is 2.10. The van der Waals surface area contributed by atoms with E-state index in [1.807, 2.05) is 12.1 Å². The van der Waals surface area contributed by atoms with Crippen LogP contribution in [0.2, 0.25) is 5.02 Å². The van der Waals surface area contributed by atoms with Crippen LogP contribution in [0.3, 0.4) is 0 Å². The smallest absolute Gasteiger partial charge is 0.0447 e. The number of halogens is 1. The maximum atomic E-state index is 5.81. The molecule has 1 unspecified atom stereocenters. The minimum Gasteiger partial charge on any atom is -0.314 e. The molecule has 1 atom stereocenters. The lowest BCUT2D eigenvalue weighted by Crippen LogP contribution is -2.42. The number of hydrogen-bond donors (Lipinski definition) is 2. The van der Waals surface area contributed by atoms with E-state index in [1.165, 1.54) is 5.56 Å². The molecule has 70 valence electrons. The molecule has 0 bridgehead atoms. The summed E-state index contributed by atoms with van der Waals surface area (Å²) in [4.78, 5) is 0. The van der Waals surface area contributed by atoms with Crippen LogP contribution < -0.4 is 10.6 Å². The summed E-state index contributed by atoms with van der Waals surface area (Å²) in [6.45, 7) is 3.10. The monoisotopic (exact) mass is 196 g/mol. The van der Waals surface area contributed by atoms with Crippen molar-refractivity contribution in [3.63, 3.8) is 0 Å². The molecule has 0 amide bonds. The molecule has 1 aromatic carbocycles. The first-order valence-electron chi connectivity index (χ1n) is 4.56. The van der Waals surface area contributed by atoms with Crippen molar-refractivity contribution >= 4 is 11.6 Å². The first-order chi connectivity index (χ1) is 6.36. The van der Waals surface area contributed by atoms with Crippen molar-refractivity contribution in [3.8, 4) is 0 Å². The van der Waals surface area contributed by atoms with E-state index in [0.717, 1.165) is 24.7 Å². The maximum absolute atomic E-state index is 5.81. The van der Waals surface area contributed by atoms with Crippen molar-refractivity contribution in [1.82, 2.24) is 10.6 Å². The first kappa shape index (κ1) is 9.00. The third-order valence-corrected chi connectivity index (χ3v) is 2.57. The predicted octanol–water partition coefficient (Wildman–Crippen LogP) is 1.57. The first-order valence-corrected chi connectivity index (χ1v) is 4.93. The van der Waals surface area contributed by atoms with Crippen LogP contribution in [0.25, 0.3) is 0 Å². The Morgan fingerprint density at radius 3 is 2.54 bits per heavy atom. The number of hydrogen-bond acceptors (Lipinski definition) is 2. The zero-order valence-electron chi connectivity index (χ0n) is 7.39. The Kier molecular flexibility index (Phi) is 2.83. The molecule has 3 heteroatoms. The van der Waals surface area contributed by atoms with Gasteiger partial charge in [-0.15, -0.1) is 0 Å². The lowest BCUT2D eigenvalue weighted by molar-refractivity contribution is 0.430. The Morgan fingerprint density at radius 2 is 1.92 bits per heavy atom. The summed E-state index contributed by atoms with van der Waals surface area (Å²) in [5.41, 5.74) is 1.30. The SMILES string of the molecule is Clc1ccc(C2CNCCN2)cc1. The molecule has 13 heavy (non-hydrogen) atoms. The van der Waals surface area contributed by atoms with Crippen LogP contribution in [-0.4, -0.2) is 19.6 Å². The molecule has 0 aromatic heterocycles. The highest BCUT2D eigenvalue weighted by Gasteiger charge is 2.13. The van der Waals surface area contributed by atoms with E-state index in [-0.39, 0.29) is 0 Å². The summed E-state index contributed by atoms with van der Waals surface area (Å²) >= 11 is 5.81. The Labute approximate surface area is 83.3 Å². The van der Waals surface area contributed by atoms with Gasteiger partial charge < -0.3 is 10.6 Å². The second kappa shape index (κ2) is 4.09. The van der Waals surface area contributed by atoms with Gasteiger partial charge in [-0.25, -0.2) is 0 Å². The van der Waals surface area contributed by atoms with Crippen molar-refractivity contribution in [3.05, 3.63) is 34.9 Å². The normalized spacial score (nSPS) is 23.0. The van der Waals surface area contributed by atoms with E-state index in [0.29, 0.717) is 6.04 Å². The van der Waals surface area contributed by atoms with Gasteiger partial charge in [-0.1, -0.05) is 23.7 Å². The highest BCUT2D eigenvalue weighted by molar-refractivity contribution is 6.30. The lowest BCUT2D eigenvalue weighted by atomic mass is 10.1. The Bertz CT molecular complexity index is 265. The summed E-state index contributed by atoms with van der Waals surface area (Å²) in [6.07, 6.45) is 0. The third-order valence-electron chi connectivity index (χ3n) is 2.31. The van der Waals surface area contributed by atoms with Crippen LogP contribution >= 0.6 is 11.6 Å². The molecule has 2 rings (SSSR count). The summed E-state index contributed by atoms with van der Waals surface area (Å²) in [7, 11) is 0. The van der Waals surface area contributed by atoms with Gasteiger partial charge in [-0.2, -0.15) is 0 Å². The summed E-state index contributed by atoms with van der Waals surface area (Å²) < 4.78 is 0. The van der Waals surface area contributed by atoms with Crippen LogP contribution in [0.5, 0.6) is 0 Å². The van der Waals surface area contributed by atoms with Gasteiger partial charge in [-0.05, 0) is 17.7 Å². The van der Waals surface area contributed by atoms with Crippen molar-refractivity contribution in [2.75, 3.05) is 19.6 Å². The molecule has 1 aliphatic rings. The van der Waals surface area contributed by atoms with Gasteiger partial charge in [0.15, 0.2) is 0 Å². The number of piperazine rings is 1. The van der Waals surface area contributed by atoms with Gasteiger partial charge >= 0.3 is 0 Å². The molecular formula is C10H13ClN2. The van der Waals surface area contributed by atoms with Crippen LogP contribution in [0.15, 0.2) is 24.3 Å². The van der Waals surface area contributed by atoms with Gasteiger partial charge in [0.1, 0.15) is 0 Å². The maximum Gasteiger partial charge on any atom is 0.0447 e. The third kappa shape index (κ3) is 2.21. The standard InChI is InChI=1S/C10H13ClN2/c11-9-3-1-8(2-4-9)10-7-12-5-6-13-10/h1-4,10,12-13H,5-7H2. The van der Waals surface area contributed by atoms with Gasteiger partial charge in [0.2, 0.25) is 0 Å². The van der Waals surface area contributed by atoms with E-state index >= 15 is 0 Å². The average Bonchev–Trinajstić information content (AvgIpc) is 2.20. The van der Waals surface area contributed by atoms with E-state index in [9.17, 15) is 0 Å². The molecule has 2 N–H and O–H groups in total. The van der Waals surface area contributed by atoms with E-state index in [4.69, 9.17) is 11.6 Å². The van der Waals surface area contributed by atoms with E-state index in [1.54, 1.807) is 0 Å². The second-order valence-electron chi connectivity index (χ2n) is 3.26. The summed E-state index contributed by atoms with van der Waals surface area (Å²) in [5, 5.41) is 7.60. The van der Waals surface area contributed by atoms with Crippen LogP contribution in [0.1, 0.15) is 11.6 Å². The quantitative estimate of drug-likeness (QED) is 0.713. The summed E-state index contributed by atoms with van der Waals surface area (Å²) in [5.74, 6) is 0. The Morgan fingerprint density at radius 1 is 1.15 bits per heavy atom. The molecule has 1 heterocycles. The minimum atomic E-state index is 0.436. The molecule has 1 aromatic rings. The fourth-order valence-electron chi connectivity index (χ4n) is 1.58. The fourth-order valence-corrected chi connectivity index (χ4v) is 1.71. The molecule has 0 spiro atoms. The molecule has 1 saturated heterocycles. The van der Waals surface area contributed by atoms with E-state index in [2.05, 4.69) is 22.8 Å². The van der Waals surface area contributed by atoms with Crippen LogP contribution in [0.4, 0.5) is 0 Å². The van der Waals surface area contributed by atoms with Gasteiger partial charge in [0.25, 0.3) is 0 Å². The Hall–Kier alpha value is -0.570. The van der Waals surface area contributed by atoms with Crippen molar-refractivity contribution < 1.29 is 0 Å². The van der Waals surface area contributed by atoms with Crippen molar-refractivity contribution in [2.45, 2.75) is 6.04 Å². The van der Waals surface area contributed by atoms with Gasteiger partial charge in [-0.3, -0.25) is 0 Å². The largest absolute Gasteiger partial charge is 0.314 e. The minimum absolute atomic E-state index is 0.436. The number of rotatable bonds is 1. The molecule has 1 aliphatic heterocycles. The van der Waals surface area contributed by atoms with Crippen LogP contribution in [0, 0.1) is 0 Å². The van der Waals surface area contributed by atoms with Gasteiger partial charge in [0, 0.05) is 30.7 Å². The van der Waals surface area contributed by atoms with Crippen molar-refractivity contribution in [1.29, 1.82) is 0 Å². The van der Waals surface area contributed by atoms with E-state index < -0.39 is 0 Å². The summed E-state index contributed by atoms with van der Waals surface area (Å²) in [6, 6.07) is 8.46. The van der Waals surface area contributed by atoms with Crippen molar-refractivity contribution in [2.24, 2.45) is 0 Å². The molecular weight excluding hydrogens is 184 g/mol. The molecule has 0 aliphatic carbocycles. The fraction of sp³-hybridized carbons (Fsp3) is 0.400. The average molecular weight is 197 g/mol. The predicted molar refractivity (Wildman–Crippen MR) is 55.1 cm³/mol. The van der Waals surface area contributed by atoms with Gasteiger partial charge in [0.05, 0.1) is 0 Å². The highest BCUT2D eigenvalue weighted by Crippen LogP contribution is 2.16. The molecule has 1 fully saturated rings.